The number of aryl methyl sites for hydroxylation is 2. The van der Waals surface area contributed by atoms with Crippen molar-refractivity contribution in [3.63, 3.8) is 0 Å². The van der Waals surface area contributed by atoms with Gasteiger partial charge in [0.1, 0.15) is 0 Å². The summed E-state index contributed by atoms with van der Waals surface area (Å²) in [5, 5.41) is 10.5. The molecular formula is C16H22N4O. The first kappa shape index (κ1) is 15.1. The summed E-state index contributed by atoms with van der Waals surface area (Å²) in [6.07, 6.45) is 0. The van der Waals surface area contributed by atoms with Gasteiger partial charge in [-0.1, -0.05) is 6.07 Å². The van der Waals surface area contributed by atoms with Gasteiger partial charge in [-0.3, -0.25) is 9.48 Å². The highest BCUT2D eigenvalue weighted by Gasteiger charge is 2.12. The van der Waals surface area contributed by atoms with E-state index < -0.39 is 0 Å². The van der Waals surface area contributed by atoms with Crippen molar-refractivity contribution in [2.45, 2.75) is 27.3 Å². The summed E-state index contributed by atoms with van der Waals surface area (Å²) in [4.78, 5) is 11.8. The highest BCUT2D eigenvalue weighted by Crippen LogP contribution is 2.21. The molecule has 5 nitrogen and oxygen atoms in total. The van der Waals surface area contributed by atoms with Gasteiger partial charge in [0.25, 0.3) is 5.91 Å². The number of hydrogen-bond acceptors (Lipinski definition) is 3. The van der Waals surface area contributed by atoms with Gasteiger partial charge in [-0.25, -0.2) is 0 Å². The van der Waals surface area contributed by atoms with E-state index in [0.29, 0.717) is 12.1 Å². The number of carbonyl (C=O) groups is 1. The number of carbonyl (C=O) groups excluding carboxylic acids is 1. The van der Waals surface area contributed by atoms with Crippen molar-refractivity contribution in [2.24, 2.45) is 7.05 Å². The summed E-state index contributed by atoms with van der Waals surface area (Å²) in [5.74, 6) is -0.0649. The zero-order valence-corrected chi connectivity index (χ0v) is 13.2. The van der Waals surface area contributed by atoms with Gasteiger partial charge >= 0.3 is 0 Å². The average Bonchev–Trinajstić information content (AvgIpc) is 2.71. The van der Waals surface area contributed by atoms with Crippen LogP contribution in [0.1, 0.15) is 32.9 Å². The molecule has 0 saturated carbocycles. The van der Waals surface area contributed by atoms with Crippen molar-refractivity contribution in [3.05, 3.63) is 46.3 Å². The first-order valence-electron chi connectivity index (χ1n) is 7.00. The lowest BCUT2D eigenvalue weighted by Crippen LogP contribution is -2.19. The molecule has 2 aromatic rings. The van der Waals surface area contributed by atoms with E-state index in [1.165, 1.54) is 5.56 Å². The average molecular weight is 286 g/mol. The van der Waals surface area contributed by atoms with Crippen molar-refractivity contribution in [3.8, 4) is 0 Å². The predicted octanol–water partition coefficient (Wildman–Crippen LogP) is 2.32. The second-order valence-corrected chi connectivity index (χ2v) is 5.18. The Morgan fingerprint density at radius 3 is 2.57 bits per heavy atom. The highest BCUT2D eigenvalue weighted by molar-refractivity contribution is 5.96. The fourth-order valence-corrected chi connectivity index (χ4v) is 2.46. The maximum Gasteiger partial charge on any atom is 0.251 e. The van der Waals surface area contributed by atoms with E-state index in [9.17, 15) is 4.79 Å². The van der Waals surface area contributed by atoms with Crippen molar-refractivity contribution in [2.75, 3.05) is 12.4 Å². The summed E-state index contributed by atoms with van der Waals surface area (Å²) in [6, 6.07) is 5.71. The number of benzene rings is 1. The molecule has 1 aromatic heterocycles. The Kier molecular flexibility index (Phi) is 4.31. The molecule has 1 heterocycles. The molecule has 2 rings (SSSR count). The first-order valence-corrected chi connectivity index (χ1v) is 7.00. The fourth-order valence-electron chi connectivity index (χ4n) is 2.46. The van der Waals surface area contributed by atoms with Gasteiger partial charge in [0.2, 0.25) is 0 Å². The van der Waals surface area contributed by atoms with Crippen molar-refractivity contribution in [1.29, 1.82) is 0 Å². The molecule has 0 aliphatic carbocycles. The highest BCUT2D eigenvalue weighted by atomic mass is 16.1. The van der Waals surface area contributed by atoms with Crippen LogP contribution in [0.3, 0.4) is 0 Å². The Bertz CT molecular complexity index is 673. The lowest BCUT2D eigenvalue weighted by atomic mass is 10.1. The number of rotatable bonds is 4. The predicted molar refractivity (Wildman–Crippen MR) is 84.6 cm³/mol. The molecule has 0 bridgehead atoms. The normalized spacial score (nSPS) is 10.5. The van der Waals surface area contributed by atoms with Gasteiger partial charge in [0, 0.05) is 43.1 Å². The molecular weight excluding hydrogens is 264 g/mol. The maximum atomic E-state index is 11.8. The lowest BCUT2D eigenvalue weighted by molar-refractivity contribution is 0.0962. The number of hydrogen-bond donors (Lipinski definition) is 2. The standard InChI is InChI=1S/C16H22N4O/c1-10-13(16(21)17-4)7-6-8-15(10)18-9-14-11(2)19-20(5)12(14)3/h6-8,18H,9H2,1-5H3,(H,17,21). The van der Waals surface area contributed by atoms with Crippen molar-refractivity contribution in [1.82, 2.24) is 15.1 Å². The van der Waals surface area contributed by atoms with Crippen LogP contribution >= 0.6 is 0 Å². The van der Waals surface area contributed by atoms with Crippen LogP contribution in [0.2, 0.25) is 0 Å². The lowest BCUT2D eigenvalue weighted by Gasteiger charge is -2.13. The minimum Gasteiger partial charge on any atom is -0.381 e. The Balaban J connectivity index is 2.23. The Morgan fingerprint density at radius 1 is 1.29 bits per heavy atom. The summed E-state index contributed by atoms with van der Waals surface area (Å²) in [7, 11) is 3.59. The van der Waals surface area contributed by atoms with E-state index in [1.54, 1.807) is 7.05 Å². The largest absolute Gasteiger partial charge is 0.381 e. The molecule has 0 atom stereocenters. The van der Waals surface area contributed by atoms with E-state index in [-0.39, 0.29) is 5.91 Å². The number of anilines is 1. The molecule has 1 amide bonds. The number of nitrogens with zero attached hydrogens (tertiary/aromatic N) is 2. The van der Waals surface area contributed by atoms with E-state index >= 15 is 0 Å². The Morgan fingerprint density at radius 2 is 2.00 bits per heavy atom. The van der Waals surface area contributed by atoms with Crippen LogP contribution in [-0.2, 0) is 13.6 Å². The molecule has 0 spiro atoms. The van der Waals surface area contributed by atoms with Crippen LogP contribution in [0.25, 0.3) is 0 Å². The molecule has 21 heavy (non-hydrogen) atoms. The summed E-state index contributed by atoms with van der Waals surface area (Å²) >= 11 is 0. The monoisotopic (exact) mass is 286 g/mol. The van der Waals surface area contributed by atoms with Gasteiger partial charge < -0.3 is 10.6 Å². The van der Waals surface area contributed by atoms with Crippen LogP contribution in [0.5, 0.6) is 0 Å². The van der Waals surface area contributed by atoms with Crippen LogP contribution in [-0.4, -0.2) is 22.7 Å². The Labute approximate surface area is 125 Å². The van der Waals surface area contributed by atoms with Crippen molar-refractivity contribution >= 4 is 11.6 Å². The quantitative estimate of drug-likeness (QED) is 0.907. The van der Waals surface area contributed by atoms with Crippen LogP contribution in [0.15, 0.2) is 18.2 Å². The van der Waals surface area contributed by atoms with Crippen LogP contribution < -0.4 is 10.6 Å². The summed E-state index contributed by atoms with van der Waals surface area (Å²) < 4.78 is 1.89. The third-order valence-corrected chi connectivity index (χ3v) is 3.92. The first-order chi connectivity index (χ1) is 9.95. The molecule has 112 valence electrons. The molecule has 2 N–H and O–H groups in total. The molecule has 5 heteroatoms. The second-order valence-electron chi connectivity index (χ2n) is 5.18. The molecule has 0 unspecified atom stereocenters. The van der Waals surface area contributed by atoms with Gasteiger partial charge in [-0.05, 0) is 38.5 Å². The molecule has 0 radical (unpaired) electrons. The third-order valence-electron chi connectivity index (χ3n) is 3.92. The molecule has 0 saturated heterocycles. The number of nitrogens with one attached hydrogen (secondary N) is 2. The number of aromatic nitrogens is 2. The Hall–Kier alpha value is -2.30. The van der Waals surface area contributed by atoms with E-state index in [4.69, 9.17) is 0 Å². The molecule has 0 aliphatic heterocycles. The fraction of sp³-hybridized carbons (Fsp3) is 0.375. The zero-order valence-electron chi connectivity index (χ0n) is 13.2. The van der Waals surface area contributed by atoms with Crippen LogP contribution in [0, 0.1) is 20.8 Å². The van der Waals surface area contributed by atoms with Gasteiger partial charge in [-0.2, -0.15) is 5.10 Å². The van der Waals surface area contributed by atoms with Gasteiger partial charge in [-0.15, -0.1) is 0 Å². The minimum absolute atomic E-state index is 0.0649. The summed E-state index contributed by atoms with van der Waals surface area (Å²) in [5.41, 5.74) is 6.00. The topological polar surface area (TPSA) is 59.0 Å². The zero-order chi connectivity index (χ0) is 15.6. The van der Waals surface area contributed by atoms with Crippen molar-refractivity contribution < 1.29 is 4.79 Å². The molecule has 0 fully saturated rings. The molecule has 1 aromatic carbocycles. The summed E-state index contributed by atoms with van der Waals surface area (Å²) in [6.45, 7) is 6.72. The maximum absolute atomic E-state index is 11.8. The van der Waals surface area contributed by atoms with Gasteiger partial charge in [0.05, 0.1) is 5.69 Å². The second kappa shape index (κ2) is 5.99. The van der Waals surface area contributed by atoms with Gasteiger partial charge in [0.15, 0.2) is 0 Å². The van der Waals surface area contributed by atoms with E-state index in [1.807, 2.05) is 43.8 Å². The SMILES string of the molecule is CNC(=O)c1cccc(NCc2c(C)nn(C)c2C)c1C. The number of amides is 1. The van der Waals surface area contributed by atoms with E-state index in [0.717, 1.165) is 22.6 Å². The third kappa shape index (κ3) is 2.91. The smallest absolute Gasteiger partial charge is 0.251 e. The van der Waals surface area contributed by atoms with E-state index in [2.05, 4.69) is 22.7 Å². The molecule has 0 aliphatic rings. The van der Waals surface area contributed by atoms with Crippen LogP contribution in [0.4, 0.5) is 5.69 Å². The minimum atomic E-state index is -0.0649.